The first-order chi connectivity index (χ1) is 26.8. The Hall–Kier alpha value is -7.16. The van der Waals surface area contributed by atoms with Crippen LogP contribution in [0.3, 0.4) is 0 Å². The van der Waals surface area contributed by atoms with Gasteiger partial charge in [0.15, 0.2) is 0 Å². The standard InChI is InChI=1S/C52H30O2/c1-2-14-34-33(13-1)29-43(36-16-4-3-15-35(34)36)31-25-27-32(28-26-31)48-39-19-5-7-21-41(39)49(42-22-8-6-20-40(42)48)50-51-44(37-17-9-11-23-46(37)53-51)30-45-38-18-10-12-24-47(38)54-52(45)50/h1-30H. The average molecular weight is 687 g/mol. The molecular weight excluding hydrogens is 657 g/mol. The Bertz CT molecular complexity index is 3340. The normalized spacial score (nSPS) is 12.1. The molecule has 0 aliphatic rings. The lowest BCUT2D eigenvalue weighted by Gasteiger charge is -2.18. The van der Waals surface area contributed by atoms with Crippen LogP contribution >= 0.6 is 0 Å². The van der Waals surface area contributed by atoms with Crippen molar-refractivity contribution in [3.63, 3.8) is 0 Å². The van der Waals surface area contributed by atoms with Crippen molar-refractivity contribution in [1.29, 1.82) is 0 Å². The monoisotopic (exact) mass is 686 g/mol. The molecule has 0 unspecified atom stereocenters. The van der Waals surface area contributed by atoms with E-state index in [0.29, 0.717) is 0 Å². The molecule has 2 aromatic heterocycles. The zero-order chi connectivity index (χ0) is 35.3. The van der Waals surface area contributed by atoms with E-state index in [2.05, 4.69) is 170 Å². The molecule has 2 heterocycles. The van der Waals surface area contributed by atoms with Gasteiger partial charge in [-0.1, -0.05) is 158 Å². The fourth-order valence-corrected chi connectivity index (χ4v) is 9.08. The Morgan fingerprint density at radius 1 is 0.259 bits per heavy atom. The minimum Gasteiger partial charge on any atom is -0.455 e. The number of hydrogen-bond acceptors (Lipinski definition) is 2. The van der Waals surface area contributed by atoms with E-state index in [-0.39, 0.29) is 0 Å². The van der Waals surface area contributed by atoms with Crippen molar-refractivity contribution in [2.45, 2.75) is 0 Å². The van der Waals surface area contributed by atoms with E-state index in [0.717, 1.165) is 65.8 Å². The smallest absolute Gasteiger partial charge is 0.147 e. The molecule has 12 aromatic rings. The molecule has 250 valence electrons. The number of para-hydroxylation sites is 2. The van der Waals surface area contributed by atoms with E-state index in [1.54, 1.807) is 0 Å². The van der Waals surface area contributed by atoms with Crippen LogP contribution in [0.1, 0.15) is 0 Å². The van der Waals surface area contributed by atoms with Crippen molar-refractivity contribution >= 4 is 87.0 Å². The van der Waals surface area contributed by atoms with Crippen LogP contribution in [0.25, 0.3) is 120 Å². The average Bonchev–Trinajstić information content (AvgIpc) is 3.80. The summed E-state index contributed by atoms with van der Waals surface area (Å²) in [6.45, 7) is 0. The molecule has 0 atom stereocenters. The Morgan fingerprint density at radius 3 is 1.26 bits per heavy atom. The molecule has 0 bridgehead atoms. The molecular formula is C52H30O2. The fraction of sp³-hybridized carbons (Fsp3) is 0. The quantitative estimate of drug-likeness (QED) is 0.137. The van der Waals surface area contributed by atoms with Gasteiger partial charge in [-0.05, 0) is 89.6 Å². The van der Waals surface area contributed by atoms with Gasteiger partial charge in [0.25, 0.3) is 0 Å². The summed E-state index contributed by atoms with van der Waals surface area (Å²) in [7, 11) is 0. The van der Waals surface area contributed by atoms with Crippen LogP contribution in [0.4, 0.5) is 0 Å². The maximum Gasteiger partial charge on any atom is 0.147 e. The lowest BCUT2D eigenvalue weighted by atomic mass is 9.84. The third-order valence-corrected chi connectivity index (χ3v) is 11.4. The van der Waals surface area contributed by atoms with Crippen LogP contribution in [0.15, 0.2) is 191 Å². The first kappa shape index (κ1) is 29.4. The van der Waals surface area contributed by atoms with Crippen LogP contribution in [0.2, 0.25) is 0 Å². The second kappa shape index (κ2) is 11.2. The lowest BCUT2D eigenvalue weighted by Crippen LogP contribution is -1.92. The van der Waals surface area contributed by atoms with E-state index in [1.807, 2.05) is 12.1 Å². The third kappa shape index (κ3) is 4.11. The van der Waals surface area contributed by atoms with Gasteiger partial charge < -0.3 is 8.83 Å². The minimum absolute atomic E-state index is 0.845. The molecule has 0 amide bonds. The van der Waals surface area contributed by atoms with Crippen LogP contribution in [0.5, 0.6) is 0 Å². The van der Waals surface area contributed by atoms with Crippen molar-refractivity contribution in [2.75, 3.05) is 0 Å². The molecule has 2 nitrogen and oxygen atoms in total. The maximum atomic E-state index is 6.81. The summed E-state index contributed by atoms with van der Waals surface area (Å²) in [5.41, 5.74) is 10.4. The number of hydrogen-bond donors (Lipinski definition) is 0. The van der Waals surface area contributed by atoms with Crippen molar-refractivity contribution in [3.05, 3.63) is 182 Å². The van der Waals surface area contributed by atoms with Crippen LogP contribution < -0.4 is 0 Å². The number of furan rings is 2. The molecule has 0 spiro atoms. The highest BCUT2D eigenvalue weighted by Crippen LogP contribution is 2.50. The van der Waals surface area contributed by atoms with Gasteiger partial charge in [0.05, 0.1) is 5.56 Å². The van der Waals surface area contributed by atoms with Gasteiger partial charge in [-0.3, -0.25) is 0 Å². The Balaban J connectivity index is 1.15. The summed E-state index contributed by atoms with van der Waals surface area (Å²) < 4.78 is 13.6. The number of fused-ring (bicyclic) bond motifs is 11. The second-order valence-electron chi connectivity index (χ2n) is 14.3. The van der Waals surface area contributed by atoms with Gasteiger partial charge in [0.1, 0.15) is 22.3 Å². The highest BCUT2D eigenvalue weighted by molar-refractivity contribution is 6.29. The Morgan fingerprint density at radius 2 is 0.685 bits per heavy atom. The highest BCUT2D eigenvalue weighted by atomic mass is 16.3. The summed E-state index contributed by atoms with van der Waals surface area (Å²) >= 11 is 0. The number of rotatable bonds is 3. The molecule has 2 heteroatoms. The molecule has 0 aliphatic carbocycles. The van der Waals surface area contributed by atoms with Gasteiger partial charge in [-0.2, -0.15) is 0 Å². The Kier molecular flexibility index (Phi) is 6.09. The van der Waals surface area contributed by atoms with E-state index in [1.165, 1.54) is 54.6 Å². The first-order valence-corrected chi connectivity index (χ1v) is 18.5. The van der Waals surface area contributed by atoms with E-state index in [9.17, 15) is 0 Å². The van der Waals surface area contributed by atoms with Crippen molar-refractivity contribution in [1.82, 2.24) is 0 Å². The topological polar surface area (TPSA) is 26.3 Å². The van der Waals surface area contributed by atoms with Gasteiger partial charge in [0, 0.05) is 27.1 Å². The van der Waals surface area contributed by atoms with Gasteiger partial charge in [-0.25, -0.2) is 0 Å². The van der Waals surface area contributed by atoms with Crippen molar-refractivity contribution in [2.24, 2.45) is 0 Å². The lowest BCUT2D eigenvalue weighted by molar-refractivity contribution is 0.658. The van der Waals surface area contributed by atoms with Crippen molar-refractivity contribution in [3.8, 4) is 33.4 Å². The zero-order valence-electron chi connectivity index (χ0n) is 29.1. The second-order valence-corrected chi connectivity index (χ2v) is 14.3. The summed E-state index contributed by atoms with van der Waals surface area (Å²) in [5.74, 6) is 0. The first-order valence-electron chi connectivity index (χ1n) is 18.5. The van der Waals surface area contributed by atoms with Gasteiger partial charge in [-0.15, -0.1) is 0 Å². The molecule has 0 fully saturated rings. The predicted octanol–water partition coefficient (Wildman–Crippen LogP) is 15.1. The largest absolute Gasteiger partial charge is 0.455 e. The molecule has 12 rings (SSSR count). The maximum absolute atomic E-state index is 6.81. The SMILES string of the molecule is c1ccc2c(c1)cc(-c1ccc(-c3c4ccccc4c(-c4c5oc6ccccc6c5cc5c4oc4ccccc45)c4ccccc34)cc1)c1ccccc12. The molecule has 54 heavy (non-hydrogen) atoms. The molecule has 10 aromatic carbocycles. The van der Waals surface area contributed by atoms with Crippen LogP contribution in [-0.4, -0.2) is 0 Å². The number of benzene rings is 10. The summed E-state index contributed by atoms with van der Waals surface area (Å²) in [6, 6.07) is 65.5. The van der Waals surface area contributed by atoms with E-state index < -0.39 is 0 Å². The van der Waals surface area contributed by atoms with Crippen LogP contribution in [0, 0.1) is 0 Å². The van der Waals surface area contributed by atoms with E-state index >= 15 is 0 Å². The molecule has 0 N–H and O–H groups in total. The molecule has 0 saturated heterocycles. The van der Waals surface area contributed by atoms with Gasteiger partial charge in [0.2, 0.25) is 0 Å². The molecule has 0 aliphatic heterocycles. The zero-order valence-corrected chi connectivity index (χ0v) is 29.1. The molecule has 0 saturated carbocycles. The summed E-state index contributed by atoms with van der Waals surface area (Å²) in [4.78, 5) is 0. The van der Waals surface area contributed by atoms with E-state index in [4.69, 9.17) is 8.83 Å². The van der Waals surface area contributed by atoms with Gasteiger partial charge >= 0.3 is 0 Å². The van der Waals surface area contributed by atoms with Crippen LogP contribution in [-0.2, 0) is 0 Å². The third-order valence-electron chi connectivity index (χ3n) is 11.4. The summed E-state index contributed by atoms with van der Waals surface area (Å²) in [5, 5.41) is 14.2. The minimum atomic E-state index is 0.845. The fourth-order valence-electron chi connectivity index (χ4n) is 9.08. The molecule has 0 radical (unpaired) electrons. The Labute approximate surface area is 310 Å². The highest BCUT2D eigenvalue weighted by Gasteiger charge is 2.25. The summed E-state index contributed by atoms with van der Waals surface area (Å²) in [6.07, 6.45) is 0. The van der Waals surface area contributed by atoms with Crippen molar-refractivity contribution < 1.29 is 8.83 Å². The predicted molar refractivity (Wildman–Crippen MR) is 227 cm³/mol.